The number of halogens is 2. The molecule has 0 fully saturated rings. The van der Waals surface area contributed by atoms with Crippen molar-refractivity contribution in [3.63, 3.8) is 0 Å². The third kappa shape index (κ3) is 4.72. The molecule has 0 radical (unpaired) electrons. The standard InChI is InChI=1S/C20H25F2O3P/c1-12(2)17-9-15(5-6-19(17)23)10-18-13(3)7-16(8-14(18)4)11-26(24,25)20(21)22/h5-9,12,20,23H,10-11H2,1-4H3,(H,24,25). The smallest absolute Gasteiger partial charge is 0.312 e. The minimum atomic E-state index is -4.49. The van der Waals surface area contributed by atoms with Crippen LogP contribution in [0.5, 0.6) is 5.75 Å². The molecule has 2 aromatic carbocycles. The summed E-state index contributed by atoms with van der Waals surface area (Å²) in [7, 11) is -4.49. The molecule has 0 spiro atoms. The fraction of sp³-hybridized carbons (Fsp3) is 0.400. The molecule has 6 heteroatoms. The second-order valence-corrected chi connectivity index (χ2v) is 9.34. The quantitative estimate of drug-likeness (QED) is 0.629. The van der Waals surface area contributed by atoms with Gasteiger partial charge in [0.05, 0.1) is 6.16 Å². The summed E-state index contributed by atoms with van der Waals surface area (Å²) in [5, 5.41) is 9.96. The van der Waals surface area contributed by atoms with Crippen LogP contribution in [0, 0.1) is 13.8 Å². The molecule has 3 nitrogen and oxygen atoms in total. The minimum Gasteiger partial charge on any atom is -0.508 e. The van der Waals surface area contributed by atoms with Crippen molar-refractivity contribution in [2.75, 3.05) is 0 Å². The summed E-state index contributed by atoms with van der Waals surface area (Å²) in [5.41, 5.74) is 5.22. The number of phenols is 1. The van der Waals surface area contributed by atoms with Crippen LogP contribution in [0.25, 0.3) is 0 Å². The molecule has 2 N–H and O–H groups in total. The Hall–Kier alpha value is -1.71. The zero-order valence-electron chi connectivity index (χ0n) is 15.5. The maximum atomic E-state index is 12.7. The van der Waals surface area contributed by atoms with Gasteiger partial charge in [0.2, 0.25) is 0 Å². The lowest BCUT2D eigenvalue weighted by Crippen LogP contribution is -2.02. The summed E-state index contributed by atoms with van der Waals surface area (Å²) < 4.78 is 36.9. The summed E-state index contributed by atoms with van der Waals surface area (Å²) in [6.07, 6.45) is -3.11. The van der Waals surface area contributed by atoms with Gasteiger partial charge in [0, 0.05) is 0 Å². The van der Waals surface area contributed by atoms with Gasteiger partial charge < -0.3 is 10.00 Å². The predicted octanol–water partition coefficient (Wildman–Crippen LogP) is 5.72. The molecule has 0 aromatic heterocycles. The number of benzene rings is 2. The molecule has 2 aromatic rings. The first-order valence-corrected chi connectivity index (χ1v) is 10.4. The number of aromatic hydroxyl groups is 1. The van der Waals surface area contributed by atoms with E-state index in [9.17, 15) is 23.3 Å². The lowest BCUT2D eigenvalue weighted by atomic mass is 9.92. The Bertz CT molecular complexity index is 824. The maximum Gasteiger partial charge on any atom is 0.312 e. The van der Waals surface area contributed by atoms with E-state index in [2.05, 4.69) is 0 Å². The Morgan fingerprint density at radius 2 is 1.62 bits per heavy atom. The van der Waals surface area contributed by atoms with Crippen LogP contribution in [0.4, 0.5) is 8.78 Å². The van der Waals surface area contributed by atoms with E-state index in [1.165, 1.54) is 0 Å². The van der Waals surface area contributed by atoms with Gasteiger partial charge in [0.25, 0.3) is 7.37 Å². The van der Waals surface area contributed by atoms with Crippen LogP contribution in [0.2, 0.25) is 0 Å². The van der Waals surface area contributed by atoms with Crippen molar-refractivity contribution in [2.45, 2.75) is 52.4 Å². The molecular weight excluding hydrogens is 357 g/mol. The van der Waals surface area contributed by atoms with E-state index in [4.69, 9.17) is 0 Å². The monoisotopic (exact) mass is 382 g/mol. The molecule has 26 heavy (non-hydrogen) atoms. The van der Waals surface area contributed by atoms with Gasteiger partial charge >= 0.3 is 6.17 Å². The van der Waals surface area contributed by atoms with Crippen LogP contribution in [-0.2, 0) is 17.1 Å². The van der Waals surface area contributed by atoms with Crippen molar-refractivity contribution in [1.29, 1.82) is 0 Å². The van der Waals surface area contributed by atoms with Crippen LogP contribution in [0.1, 0.15) is 53.1 Å². The van der Waals surface area contributed by atoms with Crippen molar-refractivity contribution in [1.82, 2.24) is 0 Å². The first-order chi connectivity index (χ1) is 12.0. The first-order valence-electron chi connectivity index (χ1n) is 8.51. The van der Waals surface area contributed by atoms with Crippen molar-refractivity contribution in [2.24, 2.45) is 0 Å². The fourth-order valence-corrected chi connectivity index (χ4v) is 4.01. The van der Waals surface area contributed by atoms with Gasteiger partial charge in [-0.05, 0) is 65.6 Å². The number of hydrogen-bond donors (Lipinski definition) is 2. The lowest BCUT2D eigenvalue weighted by Gasteiger charge is -2.16. The summed E-state index contributed by atoms with van der Waals surface area (Å²) in [6.45, 7) is 7.78. The normalized spacial score (nSPS) is 14.0. The van der Waals surface area contributed by atoms with Gasteiger partial charge in [-0.15, -0.1) is 0 Å². The van der Waals surface area contributed by atoms with Crippen LogP contribution >= 0.6 is 7.37 Å². The minimum absolute atomic E-state index is 0.201. The van der Waals surface area contributed by atoms with E-state index >= 15 is 0 Å². The van der Waals surface area contributed by atoms with Crippen molar-refractivity contribution < 1.29 is 23.3 Å². The van der Waals surface area contributed by atoms with Gasteiger partial charge in [-0.2, -0.15) is 8.78 Å². The van der Waals surface area contributed by atoms with Gasteiger partial charge in [-0.1, -0.05) is 38.1 Å². The van der Waals surface area contributed by atoms with E-state index in [1.807, 2.05) is 39.8 Å². The van der Waals surface area contributed by atoms with Gasteiger partial charge in [0.1, 0.15) is 5.75 Å². The summed E-state index contributed by atoms with van der Waals surface area (Å²) in [6, 6.07) is 8.95. The van der Waals surface area contributed by atoms with E-state index in [1.54, 1.807) is 18.2 Å². The third-order valence-electron chi connectivity index (χ3n) is 4.56. The number of alkyl halides is 2. The highest BCUT2D eigenvalue weighted by atomic mass is 31.2. The molecule has 142 valence electrons. The number of aryl methyl sites for hydroxylation is 2. The molecule has 1 unspecified atom stereocenters. The molecule has 0 aliphatic rings. The number of hydrogen-bond acceptors (Lipinski definition) is 2. The Morgan fingerprint density at radius 3 is 2.12 bits per heavy atom. The molecule has 0 amide bonds. The largest absolute Gasteiger partial charge is 0.508 e. The Labute approximate surface area is 153 Å². The summed E-state index contributed by atoms with van der Waals surface area (Å²) >= 11 is 0. The lowest BCUT2D eigenvalue weighted by molar-refractivity contribution is 0.213. The maximum absolute atomic E-state index is 12.7. The number of rotatable bonds is 6. The molecule has 0 saturated heterocycles. The van der Waals surface area contributed by atoms with Crippen molar-refractivity contribution in [3.8, 4) is 5.75 Å². The van der Waals surface area contributed by atoms with Crippen LogP contribution in [0.3, 0.4) is 0 Å². The second kappa shape index (κ2) is 7.89. The Kier molecular flexibility index (Phi) is 6.25. The Balaban J connectivity index is 2.32. The van der Waals surface area contributed by atoms with E-state index in [0.29, 0.717) is 12.0 Å². The summed E-state index contributed by atoms with van der Waals surface area (Å²) in [5.74, 6) is 0.478. The molecule has 0 bridgehead atoms. The topological polar surface area (TPSA) is 57.5 Å². The molecule has 0 saturated carbocycles. The van der Waals surface area contributed by atoms with E-state index < -0.39 is 19.7 Å². The van der Waals surface area contributed by atoms with E-state index in [0.717, 1.165) is 27.8 Å². The van der Waals surface area contributed by atoms with Gasteiger partial charge in [-0.3, -0.25) is 4.57 Å². The highest BCUT2D eigenvalue weighted by molar-refractivity contribution is 7.57. The molecular formula is C20H25F2O3P. The average molecular weight is 382 g/mol. The average Bonchev–Trinajstić information content (AvgIpc) is 2.51. The van der Waals surface area contributed by atoms with Gasteiger partial charge in [-0.25, -0.2) is 0 Å². The molecule has 2 rings (SSSR count). The third-order valence-corrected chi connectivity index (χ3v) is 5.99. The van der Waals surface area contributed by atoms with Crippen molar-refractivity contribution >= 4 is 7.37 Å². The first kappa shape index (κ1) is 20.6. The van der Waals surface area contributed by atoms with Crippen molar-refractivity contribution in [3.05, 3.63) is 63.7 Å². The number of phenolic OH excluding ortho intramolecular Hbond substituents is 1. The predicted molar refractivity (Wildman–Crippen MR) is 100 cm³/mol. The van der Waals surface area contributed by atoms with E-state index in [-0.39, 0.29) is 11.7 Å². The zero-order chi connectivity index (χ0) is 19.6. The molecule has 0 heterocycles. The zero-order valence-corrected chi connectivity index (χ0v) is 16.4. The Morgan fingerprint density at radius 1 is 1.04 bits per heavy atom. The van der Waals surface area contributed by atoms with Crippen LogP contribution in [-0.4, -0.2) is 16.2 Å². The van der Waals surface area contributed by atoms with Gasteiger partial charge in [0.15, 0.2) is 0 Å². The highest BCUT2D eigenvalue weighted by Gasteiger charge is 2.31. The summed E-state index contributed by atoms with van der Waals surface area (Å²) in [4.78, 5) is 9.42. The molecule has 0 aliphatic carbocycles. The van der Waals surface area contributed by atoms with Crippen LogP contribution in [0.15, 0.2) is 30.3 Å². The second-order valence-electron chi connectivity index (χ2n) is 7.12. The van der Waals surface area contributed by atoms with Crippen LogP contribution < -0.4 is 0 Å². The highest BCUT2D eigenvalue weighted by Crippen LogP contribution is 2.51. The SMILES string of the molecule is Cc1cc(CP(=O)(O)C(F)F)cc(C)c1Cc1ccc(O)c(C(C)C)c1. The molecule has 1 atom stereocenters. The fourth-order valence-electron chi connectivity index (χ4n) is 3.16. The molecule has 0 aliphatic heterocycles.